The van der Waals surface area contributed by atoms with Gasteiger partial charge in [0.25, 0.3) is 0 Å². The highest BCUT2D eigenvalue weighted by atomic mass is 35.5. The summed E-state index contributed by atoms with van der Waals surface area (Å²) in [5, 5.41) is 3.22. The maximum Gasteiger partial charge on any atom is 0.417 e. The largest absolute Gasteiger partial charge is 0.417 e. The summed E-state index contributed by atoms with van der Waals surface area (Å²) in [4.78, 5) is 23.2. The summed E-state index contributed by atoms with van der Waals surface area (Å²) in [6.45, 7) is 2.46. The summed E-state index contributed by atoms with van der Waals surface area (Å²) in [7, 11) is 0. The number of amides is 1. The van der Waals surface area contributed by atoms with Gasteiger partial charge in [-0.2, -0.15) is 13.2 Å². The molecule has 0 saturated carbocycles. The number of nitrogens with zero attached hydrogens (tertiary/aromatic N) is 3. The van der Waals surface area contributed by atoms with Crippen molar-refractivity contribution in [2.75, 3.05) is 25.4 Å². The van der Waals surface area contributed by atoms with Crippen LogP contribution < -0.4 is 5.32 Å². The van der Waals surface area contributed by atoms with Crippen LogP contribution in [0.2, 0.25) is 5.02 Å². The molecular weight excluding hydrogens is 509 g/mol. The molecule has 0 bridgehead atoms. The van der Waals surface area contributed by atoms with Crippen molar-refractivity contribution in [3.63, 3.8) is 0 Å². The Morgan fingerprint density at radius 1 is 1.11 bits per heavy atom. The predicted octanol–water partition coefficient (Wildman–Crippen LogP) is 5.94. The fourth-order valence-electron chi connectivity index (χ4n) is 4.22. The van der Waals surface area contributed by atoms with E-state index in [-0.39, 0.29) is 22.6 Å². The van der Waals surface area contributed by atoms with Crippen LogP contribution in [-0.4, -0.2) is 46.2 Å². The van der Waals surface area contributed by atoms with Gasteiger partial charge in [-0.15, -0.1) is 0 Å². The Morgan fingerprint density at radius 3 is 2.58 bits per heavy atom. The number of likely N-dealkylation sites (tertiary alicyclic amines) is 1. The van der Waals surface area contributed by atoms with E-state index in [0.29, 0.717) is 30.4 Å². The Bertz CT molecular complexity index is 1160. The number of nitrogens with one attached hydrogen (secondary N) is 1. The number of halogens is 4. The Morgan fingerprint density at radius 2 is 1.86 bits per heavy atom. The standard InChI is InChI=1S/C26H26ClF3N4OS/c27-23-9-8-18(11-22(23)26(28,29)30)15-34-10-4-5-19(16-34)12-31-24(35)17-36-25-32-13-21(14-33-25)20-6-2-1-3-7-20/h1-3,6-9,11,13-14,19H,4-5,10,12,15-17H2,(H,31,35). The highest BCUT2D eigenvalue weighted by Crippen LogP contribution is 2.35. The molecule has 10 heteroatoms. The molecule has 2 heterocycles. The first-order valence-electron chi connectivity index (χ1n) is 11.6. The zero-order valence-corrected chi connectivity index (χ0v) is 21.0. The monoisotopic (exact) mass is 534 g/mol. The van der Waals surface area contributed by atoms with Crippen molar-refractivity contribution in [1.82, 2.24) is 20.2 Å². The van der Waals surface area contributed by atoms with Crippen LogP contribution in [0.4, 0.5) is 13.2 Å². The number of piperidine rings is 1. The molecule has 36 heavy (non-hydrogen) atoms. The van der Waals surface area contributed by atoms with E-state index in [1.807, 2.05) is 30.3 Å². The molecule has 1 unspecified atom stereocenters. The minimum atomic E-state index is -4.48. The Labute approximate surface area is 217 Å². The smallest absolute Gasteiger partial charge is 0.355 e. The number of thioether (sulfide) groups is 1. The van der Waals surface area contributed by atoms with E-state index in [1.165, 1.54) is 17.8 Å². The van der Waals surface area contributed by atoms with Gasteiger partial charge < -0.3 is 5.32 Å². The molecule has 1 N–H and O–H groups in total. The van der Waals surface area contributed by atoms with Gasteiger partial charge in [0, 0.05) is 37.6 Å². The summed E-state index contributed by atoms with van der Waals surface area (Å²) in [6, 6.07) is 13.9. The van der Waals surface area contributed by atoms with Crippen LogP contribution in [0.25, 0.3) is 11.1 Å². The van der Waals surface area contributed by atoms with Gasteiger partial charge in [-0.05, 0) is 48.6 Å². The molecule has 1 fully saturated rings. The van der Waals surface area contributed by atoms with Crippen LogP contribution in [0, 0.1) is 5.92 Å². The Balaban J connectivity index is 1.22. The van der Waals surface area contributed by atoms with Crippen LogP contribution in [0.5, 0.6) is 0 Å². The first-order chi connectivity index (χ1) is 17.3. The number of hydrogen-bond acceptors (Lipinski definition) is 5. The summed E-state index contributed by atoms with van der Waals surface area (Å²) in [6.07, 6.45) is 0.906. The molecule has 190 valence electrons. The lowest BCUT2D eigenvalue weighted by atomic mass is 9.97. The zero-order chi connectivity index (χ0) is 25.5. The van der Waals surface area contributed by atoms with E-state index in [1.54, 1.807) is 18.5 Å². The first kappa shape index (κ1) is 26.4. The van der Waals surface area contributed by atoms with Crippen molar-refractivity contribution in [2.24, 2.45) is 5.92 Å². The Kier molecular flexibility index (Phi) is 8.87. The second kappa shape index (κ2) is 12.1. The quantitative estimate of drug-likeness (QED) is 0.286. The number of aromatic nitrogens is 2. The first-order valence-corrected chi connectivity index (χ1v) is 13.0. The molecule has 3 aromatic rings. The van der Waals surface area contributed by atoms with Gasteiger partial charge in [0.2, 0.25) is 5.91 Å². The average Bonchev–Trinajstić information content (AvgIpc) is 2.88. The van der Waals surface area contributed by atoms with Crippen LogP contribution in [0.3, 0.4) is 0 Å². The van der Waals surface area contributed by atoms with E-state index >= 15 is 0 Å². The van der Waals surface area contributed by atoms with Crippen molar-refractivity contribution >= 4 is 29.3 Å². The topological polar surface area (TPSA) is 58.1 Å². The molecule has 0 spiro atoms. The molecular formula is C26H26ClF3N4OS. The zero-order valence-electron chi connectivity index (χ0n) is 19.5. The number of hydrogen-bond donors (Lipinski definition) is 1. The molecule has 4 rings (SSSR count). The molecule has 0 radical (unpaired) electrons. The highest BCUT2D eigenvalue weighted by Gasteiger charge is 2.33. The lowest BCUT2D eigenvalue weighted by Crippen LogP contribution is -2.41. The van der Waals surface area contributed by atoms with E-state index in [0.717, 1.165) is 36.6 Å². The minimum absolute atomic E-state index is 0.0969. The normalized spacial score (nSPS) is 16.6. The molecule has 5 nitrogen and oxygen atoms in total. The molecule has 1 aromatic heterocycles. The van der Waals surface area contributed by atoms with Crippen molar-refractivity contribution in [3.05, 3.63) is 77.1 Å². The number of carbonyl (C=O) groups is 1. The number of carbonyl (C=O) groups excluding carboxylic acids is 1. The average molecular weight is 535 g/mol. The van der Waals surface area contributed by atoms with Crippen LogP contribution in [-0.2, 0) is 17.5 Å². The van der Waals surface area contributed by atoms with Gasteiger partial charge in [0.1, 0.15) is 0 Å². The summed E-state index contributed by atoms with van der Waals surface area (Å²) >= 11 is 7.01. The second-order valence-electron chi connectivity index (χ2n) is 8.77. The molecule has 1 aliphatic heterocycles. The number of benzene rings is 2. The SMILES string of the molecule is O=C(CSc1ncc(-c2ccccc2)cn1)NCC1CCCN(Cc2ccc(Cl)c(C(F)(F)F)c2)C1. The lowest BCUT2D eigenvalue weighted by molar-refractivity contribution is -0.137. The van der Waals surface area contributed by atoms with Crippen molar-refractivity contribution in [2.45, 2.75) is 30.7 Å². The van der Waals surface area contributed by atoms with E-state index in [2.05, 4.69) is 20.2 Å². The van der Waals surface area contributed by atoms with E-state index < -0.39 is 11.7 Å². The Hall–Kier alpha value is -2.62. The third kappa shape index (κ3) is 7.44. The fourth-order valence-corrected chi connectivity index (χ4v) is 5.06. The lowest BCUT2D eigenvalue weighted by Gasteiger charge is -2.33. The highest BCUT2D eigenvalue weighted by molar-refractivity contribution is 7.99. The summed E-state index contributed by atoms with van der Waals surface area (Å²) in [5.74, 6) is 0.357. The number of rotatable bonds is 8. The van der Waals surface area contributed by atoms with E-state index in [4.69, 9.17) is 11.6 Å². The minimum Gasteiger partial charge on any atom is -0.355 e. The van der Waals surface area contributed by atoms with Crippen molar-refractivity contribution in [1.29, 1.82) is 0 Å². The van der Waals surface area contributed by atoms with Gasteiger partial charge in [-0.1, -0.05) is 59.8 Å². The second-order valence-corrected chi connectivity index (χ2v) is 10.1. The maximum atomic E-state index is 13.2. The van der Waals surface area contributed by atoms with Crippen LogP contribution in [0.15, 0.2) is 66.1 Å². The van der Waals surface area contributed by atoms with Gasteiger partial charge >= 0.3 is 6.18 Å². The van der Waals surface area contributed by atoms with Crippen LogP contribution >= 0.6 is 23.4 Å². The molecule has 1 saturated heterocycles. The molecule has 1 aliphatic rings. The van der Waals surface area contributed by atoms with Gasteiger partial charge in [0.15, 0.2) is 5.16 Å². The number of alkyl halides is 3. The predicted molar refractivity (Wildman–Crippen MR) is 136 cm³/mol. The van der Waals surface area contributed by atoms with Crippen LogP contribution in [0.1, 0.15) is 24.0 Å². The molecule has 2 aromatic carbocycles. The van der Waals surface area contributed by atoms with Crippen molar-refractivity contribution in [3.8, 4) is 11.1 Å². The molecule has 1 atom stereocenters. The van der Waals surface area contributed by atoms with Crippen molar-refractivity contribution < 1.29 is 18.0 Å². The summed E-state index contributed by atoms with van der Waals surface area (Å²) in [5.41, 5.74) is 1.72. The maximum absolute atomic E-state index is 13.2. The third-order valence-electron chi connectivity index (χ3n) is 6.00. The molecule has 0 aliphatic carbocycles. The fraction of sp³-hybridized carbons (Fsp3) is 0.346. The van der Waals surface area contributed by atoms with Gasteiger partial charge in [-0.25, -0.2) is 9.97 Å². The third-order valence-corrected chi connectivity index (χ3v) is 7.21. The summed E-state index contributed by atoms with van der Waals surface area (Å²) < 4.78 is 39.5. The molecule has 1 amide bonds. The van der Waals surface area contributed by atoms with Gasteiger partial charge in [-0.3, -0.25) is 9.69 Å². The van der Waals surface area contributed by atoms with Gasteiger partial charge in [0.05, 0.1) is 16.3 Å². The van der Waals surface area contributed by atoms with E-state index in [9.17, 15) is 18.0 Å².